The molecule has 0 aliphatic carbocycles. The van der Waals surface area contributed by atoms with Gasteiger partial charge in [0.25, 0.3) is 5.91 Å². The van der Waals surface area contributed by atoms with Crippen LogP contribution in [0.1, 0.15) is 52.6 Å². The van der Waals surface area contributed by atoms with Gasteiger partial charge in [0.05, 0.1) is 18.4 Å². The molecule has 0 unspecified atom stereocenters. The lowest BCUT2D eigenvalue weighted by Gasteiger charge is -2.19. The van der Waals surface area contributed by atoms with Gasteiger partial charge >= 0.3 is 0 Å². The highest BCUT2D eigenvalue weighted by Crippen LogP contribution is 2.26. The predicted molar refractivity (Wildman–Crippen MR) is 118 cm³/mol. The summed E-state index contributed by atoms with van der Waals surface area (Å²) in [6, 6.07) is 15.7. The first-order chi connectivity index (χ1) is 14.2. The van der Waals surface area contributed by atoms with Gasteiger partial charge in [0.1, 0.15) is 5.75 Å². The Balaban J connectivity index is 1.83. The minimum Gasteiger partial charge on any atom is -0.497 e. The van der Waals surface area contributed by atoms with Crippen LogP contribution in [0.25, 0.3) is 0 Å². The summed E-state index contributed by atoms with van der Waals surface area (Å²) in [5, 5.41) is 2.67. The lowest BCUT2D eigenvalue weighted by atomic mass is 9.86. The second kappa shape index (κ2) is 8.37. The second-order valence-electron chi connectivity index (χ2n) is 7.96. The van der Waals surface area contributed by atoms with Crippen molar-refractivity contribution in [2.24, 2.45) is 0 Å². The Morgan fingerprint density at radius 2 is 1.53 bits per heavy atom. The van der Waals surface area contributed by atoms with E-state index in [9.17, 15) is 9.59 Å². The van der Waals surface area contributed by atoms with E-state index in [4.69, 9.17) is 10.5 Å². The highest BCUT2D eigenvalue weighted by Gasteiger charge is 2.19. The van der Waals surface area contributed by atoms with Crippen molar-refractivity contribution in [1.82, 2.24) is 4.98 Å². The van der Waals surface area contributed by atoms with Gasteiger partial charge in [0.15, 0.2) is 11.6 Å². The number of nitrogen functional groups attached to an aromatic ring is 1. The van der Waals surface area contributed by atoms with Crippen molar-refractivity contribution < 1.29 is 14.3 Å². The third-order valence-corrected chi connectivity index (χ3v) is 4.83. The Kier molecular flexibility index (Phi) is 5.87. The molecule has 2 aromatic carbocycles. The summed E-state index contributed by atoms with van der Waals surface area (Å²) in [4.78, 5) is 29.6. The number of carbonyl (C=O) groups excluding carboxylic acids is 2. The maximum Gasteiger partial charge on any atom is 0.256 e. The van der Waals surface area contributed by atoms with E-state index in [1.807, 2.05) is 12.1 Å². The Morgan fingerprint density at radius 3 is 2.10 bits per heavy atom. The van der Waals surface area contributed by atoms with Crippen LogP contribution in [0.5, 0.6) is 5.75 Å². The summed E-state index contributed by atoms with van der Waals surface area (Å²) in [7, 11) is 1.55. The first-order valence-corrected chi connectivity index (χ1v) is 9.56. The molecule has 1 aromatic heterocycles. The van der Waals surface area contributed by atoms with Crippen molar-refractivity contribution in [2.75, 3.05) is 18.2 Å². The molecule has 3 rings (SSSR count). The number of hydrogen-bond donors (Lipinski definition) is 2. The number of anilines is 2. The van der Waals surface area contributed by atoms with Gasteiger partial charge < -0.3 is 15.8 Å². The van der Waals surface area contributed by atoms with E-state index in [1.54, 1.807) is 49.6 Å². The summed E-state index contributed by atoms with van der Waals surface area (Å²) < 4.78 is 5.09. The van der Waals surface area contributed by atoms with Crippen LogP contribution < -0.4 is 15.8 Å². The fourth-order valence-corrected chi connectivity index (χ4v) is 2.97. The van der Waals surface area contributed by atoms with E-state index in [-0.39, 0.29) is 28.6 Å². The Labute approximate surface area is 176 Å². The van der Waals surface area contributed by atoms with E-state index in [2.05, 4.69) is 31.1 Å². The third-order valence-electron chi connectivity index (χ3n) is 4.83. The molecule has 0 aliphatic heterocycles. The molecule has 0 saturated heterocycles. The van der Waals surface area contributed by atoms with E-state index < -0.39 is 0 Å². The number of amides is 1. The number of ketones is 1. The summed E-state index contributed by atoms with van der Waals surface area (Å²) in [6.45, 7) is 6.34. The third kappa shape index (κ3) is 4.49. The average molecular weight is 403 g/mol. The number of hydrogen-bond acceptors (Lipinski definition) is 5. The van der Waals surface area contributed by atoms with Gasteiger partial charge in [-0.25, -0.2) is 4.98 Å². The van der Waals surface area contributed by atoms with Crippen LogP contribution in [-0.2, 0) is 5.41 Å². The summed E-state index contributed by atoms with van der Waals surface area (Å²) in [6.07, 6.45) is 1.46. The van der Waals surface area contributed by atoms with E-state index in [0.29, 0.717) is 22.4 Å². The maximum absolute atomic E-state index is 13.0. The second-order valence-corrected chi connectivity index (χ2v) is 7.96. The molecule has 0 atom stereocenters. The number of aromatic nitrogens is 1. The van der Waals surface area contributed by atoms with Gasteiger partial charge in [-0.2, -0.15) is 0 Å². The Bertz CT molecular complexity index is 1070. The van der Waals surface area contributed by atoms with Crippen LogP contribution in [0.2, 0.25) is 0 Å². The van der Waals surface area contributed by atoms with Crippen molar-refractivity contribution in [3.05, 3.63) is 83.0 Å². The standard InChI is InChI=1S/C24H25N3O3/c1-24(2,3)17-9-5-15(6-10-17)21(28)19-13-14-26-22(20(19)25)27-23(29)16-7-11-18(30-4)12-8-16/h5-14H,25H2,1-4H3,(H,26,27,29). The highest BCUT2D eigenvalue weighted by atomic mass is 16.5. The maximum atomic E-state index is 13.0. The zero-order valence-electron chi connectivity index (χ0n) is 17.5. The topological polar surface area (TPSA) is 94.3 Å². The molecule has 0 fully saturated rings. The number of methoxy groups -OCH3 is 1. The lowest BCUT2D eigenvalue weighted by molar-refractivity contribution is 0.102. The molecule has 1 amide bonds. The lowest BCUT2D eigenvalue weighted by Crippen LogP contribution is -2.16. The molecule has 6 heteroatoms. The van der Waals surface area contributed by atoms with Crippen LogP contribution in [-0.4, -0.2) is 23.8 Å². The fraction of sp³-hybridized carbons (Fsp3) is 0.208. The number of rotatable bonds is 5. The molecule has 1 heterocycles. The fourth-order valence-electron chi connectivity index (χ4n) is 2.97. The smallest absolute Gasteiger partial charge is 0.256 e. The Morgan fingerprint density at radius 1 is 0.933 bits per heavy atom. The molecule has 3 aromatic rings. The quantitative estimate of drug-likeness (QED) is 0.614. The normalized spacial score (nSPS) is 11.1. The SMILES string of the molecule is COc1ccc(C(=O)Nc2nccc(C(=O)c3ccc(C(C)(C)C)cc3)c2N)cc1. The van der Waals surface area contributed by atoms with Gasteiger partial charge in [-0.05, 0) is 41.3 Å². The number of nitrogens with zero attached hydrogens (tertiary/aromatic N) is 1. The van der Waals surface area contributed by atoms with E-state index in [0.717, 1.165) is 5.56 Å². The number of pyridine rings is 1. The average Bonchev–Trinajstić information content (AvgIpc) is 2.74. The van der Waals surface area contributed by atoms with Crippen molar-refractivity contribution in [3.8, 4) is 5.75 Å². The molecule has 0 aliphatic rings. The molecule has 154 valence electrons. The zero-order valence-corrected chi connectivity index (χ0v) is 17.5. The Hall–Kier alpha value is -3.67. The van der Waals surface area contributed by atoms with Crippen molar-refractivity contribution >= 4 is 23.2 Å². The van der Waals surface area contributed by atoms with Crippen molar-refractivity contribution in [2.45, 2.75) is 26.2 Å². The van der Waals surface area contributed by atoms with E-state index in [1.165, 1.54) is 6.20 Å². The molecule has 0 bridgehead atoms. The first kappa shape index (κ1) is 21.0. The molecule has 0 spiro atoms. The first-order valence-electron chi connectivity index (χ1n) is 9.56. The van der Waals surface area contributed by atoms with E-state index >= 15 is 0 Å². The summed E-state index contributed by atoms with van der Waals surface area (Å²) >= 11 is 0. The van der Waals surface area contributed by atoms with Crippen LogP contribution in [0.15, 0.2) is 60.8 Å². The van der Waals surface area contributed by atoms with Crippen molar-refractivity contribution in [1.29, 1.82) is 0 Å². The van der Waals surface area contributed by atoms with Crippen LogP contribution in [0.3, 0.4) is 0 Å². The molecular formula is C24H25N3O3. The molecule has 0 radical (unpaired) electrons. The zero-order chi connectivity index (χ0) is 21.9. The van der Waals surface area contributed by atoms with Crippen LogP contribution >= 0.6 is 0 Å². The number of carbonyl (C=O) groups is 2. The minimum absolute atomic E-state index is 0.00379. The number of nitrogens with one attached hydrogen (secondary N) is 1. The van der Waals surface area contributed by atoms with Gasteiger partial charge in [0, 0.05) is 17.3 Å². The molecule has 30 heavy (non-hydrogen) atoms. The van der Waals surface area contributed by atoms with Gasteiger partial charge in [0.2, 0.25) is 0 Å². The number of ether oxygens (including phenoxy) is 1. The van der Waals surface area contributed by atoms with Gasteiger partial charge in [-0.3, -0.25) is 9.59 Å². The molecular weight excluding hydrogens is 378 g/mol. The molecule has 6 nitrogen and oxygen atoms in total. The minimum atomic E-state index is -0.379. The number of benzene rings is 2. The van der Waals surface area contributed by atoms with Crippen LogP contribution in [0.4, 0.5) is 11.5 Å². The number of nitrogens with two attached hydrogens (primary N) is 1. The van der Waals surface area contributed by atoms with Crippen LogP contribution in [0, 0.1) is 0 Å². The summed E-state index contributed by atoms with van der Waals surface area (Å²) in [5.74, 6) is 0.188. The molecule has 3 N–H and O–H groups in total. The van der Waals surface area contributed by atoms with Gasteiger partial charge in [-0.1, -0.05) is 45.0 Å². The largest absolute Gasteiger partial charge is 0.497 e. The molecule has 0 saturated carbocycles. The monoisotopic (exact) mass is 403 g/mol. The van der Waals surface area contributed by atoms with Gasteiger partial charge in [-0.15, -0.1) is 0 Å². The predicted octanol–water partition coefficient (Wildman–Crippen LogP) is 4.45. The highest BCUT2D eigenvalue weighted by molar-refractivity contribution is 6.14. The summed E-state index contributed by atoms with van der Waals surface area (Å²) in [5.41, 5.74) is 8.67. The van der Waals surface area contributed by atoms with Crippen molar-refractivity contribution in [3.63, 3.8) is 0 Å².